The van der Waals surface area contributed by atoms with E-state index in [2.05, 4.69) is 35.8 Å². The first-order valence-electron chi connectivity index (χ1n) is 12.3. The summed E-state index contributed by atoms with van der Waals surface area (Å²) >= 11 is 6.12. The van der Waals surface area contributed by atoms with Crippen LogP contribution in [0.2, 0.25) is 5.02 Å². The van der Waals surface area contributed by atoms with E-state index >= 15 is 4.39 Å². The van der Waals surface area contributed by atoms with Gasteiger partial charge in [0.2, 0.25) is 11.8 Å². The van der Waals surface area contributed by atoms with Crippen LogP contribution < -0.4 is 5.32 Å². The Morgan fingerprint density at radius 3 is 2.85 bits per heavy atom. The Balaban J connectivity index is 1.31. The molecule has 6 rings (SSSR count). The van der Waals surface area contributed by atoms with Gasteiger partial charge in [-0.25, -0.2) is 14.4 Å². The molecule has 4 aromatic rings. The van der Waals surface area contributed by atoms with E-state index in [1.165, 1.54) is 30.1 Å². The number of hydrogen-bond acceptors (Lipinski definition) is 7. The molecule has 2 aliphatic heterocycles. The molecular weight excluding hydrogens is 525 g/mol. The fourth-order valence-electron chi connectivity index (χ4n) is 5.47. The summed E-state index contributed by atoms with van der Waals surface area (Å²) in [5.74, 6) is 0.0999. The summed E-state index contributed by atoms with van der Waals surface area (Å²) < 4.78 is 16.7. The minimum atomic E-state index is -0.617. The second kappa shape index (κ2) is 9.70. The van der Waals surface area contributed by atoms with Crippen LogP contribution in [0.15, 0.2) is 43.0 Å². The zero-order chi connectivity index (χ0) is 27.3. The second-order valence-electron chi connectivity index (χ2n) is 9.57. The molecule has 5 heterocycles. The van der Waals surface area contributed by atoms with Gasteiger partial charge in [0, 0.05) is 41.9 Å². The number of carbonyl (C=O) groups excluding carboxylic acids is 2. The zero-order valence-electron chi connectivity index (χ0n) is 21.0. The number of rotatable bonds is 5. The fourth-order valence-corrected chi connectivity index (χ4v) is 5.63. The lowest BCUT2D eigenvalue weighted by Gasteiger charge is -2.33. The number of benzene rings is 1. The lowest BCUT2D eigenvalue weighted by molar-refractivity contribution is -0.129. The van der Waals surface area contributed by atoms with Crippen LogP contribution in [0.3, 0.4) is 0 Å². The Morgan fingerprint density at radius 1 is 1.23 bits per heavy atom. The van der Waals surface area contributed by atoms with Crippen molar-refractivity contribution in [2.24, 2.45) is 0 Å². The Hall–Kier alpha value is -4.45. The summed E-state index contributed by atoms with van der Waals surface area (Å²) in [6.45, 7) is 3.31. The Morgan fingerprint density at radius 2 is 2.08 bits per heavy atom. The van der Waals surface area contributed by atoms with Gasteiger partial charge in [0.05, 0.1) is 28.6 Å². The monoisotopic (exact) mass is 547 g/mol. The lowest BCUT2D eigenvalue weighted by atomic mass is 9.92. The number of pyridine rings is 1. The maximum Gasteiger partial charge on any atom is 0.247 e. The lowest BCUT2D eigenvalue weighted by Crippen LogP contribution is -2.39. The third kappa shape index (κ3) is 4.36. The maximum atomic E-state index is 15.3. The van der Waals surface area contributed by atoms with Crippen molar-refractivity contribution >= 4 is 34.8 Å². The summed E-state index contributed by atoms with van der Waals surface area (Å²) in [6, 6.07) is 4.53. The molecule has 1 fully saturated rings. The molecule has 1 aromatic carbocycles. The Labute approximate surface area is 227 Å². The molecular formula is C26H23ClFN9O2. The van der Waals surface area contributed by atoms with Crippen molar-refractivity contribution in [1.82, 2.24) is 40.1 Å². The molecule has 3 aromatic heterocycles. The standard InChI is InChI=1S/C26H23ClFN9O2/c1-13-17(7-8-29-25(13)32-14(2)38)19-11-30-26(33-19)21-5-3-16-9-15(10-22(39)37(16)21)23-20(36-12-31-34-35-36)6-4-18(27)24(23)28/h4,6-8,10-12,16,21H,3,5,9H2,1-2H3,(H,30,33)(H,29,32,38)/t16?,21-/m0/s1. The van der Waals surface area contributed by atoms with E-state index in [1.54, 1.807) is 18.5 Å². The number of tetrazole rings is 1. The largest absolute Gasteiger partial charge is 0.340 e. The number of halogens is 2. The number of H-pyrrole nitrogens is 1. The number of fused-ring (bicyclic) bond motifs is 1. The minimum absolute atomic E-state index is 0.0434. The van der Waals surface area contributed by atoms with Crippen molar-refractivity contribution < 1.29 is 14.0 Å². The van der Waals surface area contributed by atoms with Crippen molar-refractivity contribution in [3.63, 3.8) is 0 Å². The fraction of sp³-hybridized carbons (Fsp3) is 0.269. The van der Waals surface area contributed by atoms with Gasteiger partial charge >= 0.3 is 0 Å². The SMILES string of the molecule is CC(=O)Nc1nccc(-c2cnc([C@@H]3CCC4CC(c5c(-n6cnnn6)ccc(Cl)c5F)=CC(=O)N43)[nH]2)c1C. The molecule has 198 valence electrons. The summed E-state index contributed by atoms with van der Waals surface area (Å²) in [5.41, 5.74) is 3.58. The second-order valence-corrected chi connectivity index (χ2v) is 9.98. The number of aromatic amines is 1. The van der Waals surface area contributed by atoms with Gasteiger partial charge in [-0.2, -0.15) is 4.68 Å². The number of hydrogen-bond donors (Lipinski definition) is 2. The Bertz CT molecular complexity index is 1630. The molecule has 2 aliphatic rings. The van der Waals surface area contributed by atoms with Gasteiger partial charge in [0.1, 0.15) is 18.0 Å². The van der Waals surface area contributed by atoms with E-state index in [4.69, 9.17) is 11.6 Å². The van der Waals surface area contributed by atoms with Gasteiger partial charge < -0.3 is 15.2 Å². The number of aromatic nitrogens is 7. The van der Waals surface area contributed by atoms with Gasteiger partial charge in [0.25, 0.3) is 0 Å². The minimum Gasteiger partial charge on any atom is -0.340 e. The summed E-state index contributed by atoms with van der Waals surface area (Å²) in [5, 5.41) is 13.9. The van der Waals surface area contributed by atoms with Gasteiger partial charge in [-0.1, -0.05) is 11.6 Å². The smallest absolute Gasteiger partial charge is 0.247 e. The Kier molecular flexibility index (Phi) is 6.18. The zero-order valence-corrected chi connectivity index (χ0v) is 21.8. The third-order valence-electron chi connectivity index (χ3n) is 7.20. The van der Waals surface area contributed by atoms with Crippen molar-refractivity contribution in [2.45, 2.75) is 45.2 Å². The average Bonchev–Trinajstić information content (AvgIpc) is 3.67. The molecule has 0 spiro atoms. The predicted octanol–water partition coefficient (Wildman–Crippen LogP) is 4.03. The van der Waals surface area contributed by atoms with E-state index in [-0.39, 0.29) is 34.5 Å². The van der Waals surface area contributed by atoms with E-state index in [9.17, 15) is 9.59 Å². The van der Waals surface area contributed by atoms with Gasteiger partial charge in [0.15, 0.2) is 5.82 Å². The average molecular weight is 548 g/mol. The highest BCUT2D eigenvalue weighted by Gasteiger charge is 2.42. The van der Waals surface area contributed by atoms with E-state index in [1.807, 2.05) is 17.9 Å². The normalized spacial score (nSPS) is 18.7. The maximum absolute atomic E-state index is 15.3. The molecule has 2 atom stereocenters. The summed E-state index contributed by atoms with van der Waals surface area (Å²) in [6.07, 6.45) is 8.06. The number of nitrogens with one attached hydrogen (secondary N) is 2. The molecule has 2 amide bonds. The summed E-state index contributed by atoms with van der Waals surface area (Å²) in [4.78, 5) is 39.0. The highest BCUT2D eigenvalue weighted by Crippen LogP contribution is 2.44. The first kappa shape index (κ1) is 24.9. The molecule has 11 nitrogen and oxygen atoms in total. The van der Waals surface area contributed by atoms with Crippen LogP contribution in [0.5, 0.6) is 0 Å². The molecule has 1 saturated heterocycles. The molecule has 1 unspecified atom stereocenters. The van der Waals surface area contributed by atoms with Gasteiger partial charge in [-0.15, -0.1) is 5.10 Å². The number of nitrogens with zero attached hydrogens (tertiary/aromatic N) is 7. The molecule has 39 heavy (non-hydrogen) atoms. The van der Waals surface area contributed by atoms with Crippen molar-refractivity contribution in [2.75, 3.05) is 5.32 Å². The number of amides is 2. The predicted molar refractivity (Wildman–Crippen MR) is 140 cm³/mol. The van der Waals surface area contributed by atoms with Crippen molar-refractivity contribution in [1.29, 1.82) is 0 Å². The van der Waals surface area contributed by atoms with E-state index in [0.717, 1.165) is 23.2 Å². The molecule has 0 aliphatic carbocycles. The molecule has 2 N–H and O–H groups in total. The molecule has 13 heteroatoms. The number of anilines is 1. The topological polar surface area (TPSA) is 135 Å². The van der Waals surface area contributed by atoms with Crippen LogP contribution in [-0.2, 0) is 9.59 Å². The van der Waals surface area contributed by atoms with Crippen LogP contribution in [0, 0.1) is 12.7 Å². The van der Waals surface area contributed by atoms with Crippen LogP contribution in [0.1, 0.15) is 49.2 Å². The summed E-state index contributed by atoms with van der Waals surface area (Å²) in [7, 11) is 0. The highest BCUT2D eigenvalue weighted by atomic mass is 35.5. The van der Waals surface area contributed by atoms with Crippen LogP contribution in [0.25, 0.3) is 22.5 Å². The highest BCUT2D eigenvalue weighted by molar-refractivity contribution is 6.31. The van der Waals surface area contributed by atoms with Gasteiger partial charge in [-0.3, -0.25) is 9.59 Å². The van der Waals surface area contributed by atoms with Crippen molar-refractivity contribution in [3.05, 3.63) is 70.8 Å². The van der Waals surface area contributed by atoms with Crippen LogP contribution in [-0.4, -0.2) is 57.9 Å². The van der Waals surface area contributed by atoms with Crippen LogP contribution >= 0.6 is 11.6 Å². The van der Waals surface area contributed by atoms with E-state index in [0.29, 0.717) is 35.7 Å². The third-order valence-corrected chi connectivity index (χ3v) is 7.49. The quantitative estimate of drug-likeness (QED) is 0.385. The molecule has 0 radical (unpaired) electrons. The molecule has 0 saturated carbocycles. The van der Waals surface area contributed by atoms with Crippen molar-refractivity contribution in [3.8, 4) is 16.9 Å². The number of carbonyl (C=O) groups is 2. The van der Waals surface area contributed by atoms with Crippen LogP contribution in [0.4, 0.5) is 10.2 Å². The number of imidazole rings is 1. The molecule has 0 bridgehead atoms. The first-order chi connectivity index (χ1) is 18.8. The van der Waals surface area contributed by atoms with Gasteiger partial charge in [-0.05, 0) is 60.4 Å². The first-order valence-corrected chi connectivity index (χ1v) is 12.7. The van der Waals surface area contributed by atoms with E-state index < -0.39 is 5.82 Å².